The fourth-order valence-electron chi connectivity index (χ4n) is 7.25. The van der Waals surface area contributed by atoms with Crippen LogP contribution in [0.15, 0.2) is 0 Å². The van der Waals surface area contributed by atoms with Gasteiger partial charge in [0.15, 0.2) is 0 Å². The van der Waals surface area contributed by atoms with Crippen LogP contribution in [0.4, 0.5) is 0 Å². The molecular formula is C20H35NO2. The average molecular weight is 322 g/mol. The molecule has 3 N–H and O–H groups in total. The number of fused-ring (bicyclic) bond motifs is 5. The molecule has 3 nitrogen and oxygen atoms in total. The second kappa shape index (κ2) is 5.71. The molecule has 8 atom stereocenters. The Labute approximate surface area is 141 Å². The lowest BCUT2D eigenvalue weighted by atomic mass is 9.45. The van der Waals surface area contributed by atoms with Gasteiger partial charge in [-0.25, -0.2) is 0 Å². The summed E-state index contributed by atoms with van der Waals surface area (Å²) in [6.45, 7) is 6.11. The Hall–Kier alpha value is -0.120. The zero-order valence-electron chi connectivity index (χ0n) is 14.9. The molecule has 3 heteroatoms. The summed E-state index contributed by atoms with van der Waals surface area (Å²) in [5, 5.41) is 24.6. The van der Waals surface area contributed by atoms with Crippen LogP contribution in [0, 0.1) is 29.1 Å². The standard InChI is InChI=1S/C20H35NO2/c1-19-10-9-17(22)18(23)16(19)7-6-13-14(19)8-11-20(2)15(13)5-3-4-12-21-20/h13-18,21-23H,3-12H2,1-2H3/t13-,14?,15?,16?,17+,18-,19-,20+/m1/s1. The van der Waals surface area contributed by atoms with Crippen LogP contribution in [0.1, 0.15) is 71.6 Å². The van der Waals surface area contributed by atoms with E-state index in [9.17, 15) is 10.2 Å². The summed E-state index contributed by atoms with van der Waals surface area (Å²) < 4.78 is 0. The van der Waals surface area contributed by atoms with Crippen LogP contribution in [0.2, 0.25) is 0 Å². The van der Waals surface area contributed by atoms with Crippen molar-refractivity contribution in [3.63, 3.8) is 0 Å². The summed E-state index contributed by atoms with van der Waals surface area (Å²) in [4.78, 5) is 0. The number of rotatable bonds is 0. The monoisotopic (exact) mass is 321 g/mol. The normalized spacial score (nSPS) is 56.9. The van der Waals surface area contributed by atoms with E-state index in [0.717, 1.165) is 37.0 Å². The third-order valence-electron chi connectivity index (χ3n) is 8.59. The molecule has 1 saturated heterocycles. The Bertz CT molecular complexity index is 455. The van der Waals surface area contributed by atoms with E-state index in [1.165, 1.54) is 45.1 Å². The van der Waals surface area contributed by atoms with Crippen LogP contribution >= 0.6 is 0 Å². The van der Waals surface area contributed by atoms with Crippen LogP contribution < -0.4 is 5.32 Å². The van der Waals surface area contributed by atoms with Crippen molar-refractivity contribution in [3.05, 3.63) is 0 Å². The molecular weight excluding hydrogens is 286 g/mol. The zero-order chi connectivity index (χ0) is 16.2. The SMILES string of the molecule is C[C@]12CC[C@H](O)[C@H](O)C1CC[C@@H]1C2CC[C@]2(C)NCCCCC12. The van der Waals surface area contributed by atoms with E-state index in [0.29, 0.717) is 11.5 Å². The second-order valence-corrected chi connectivity index (χ2v) is 9.54. The molecule has 0 aromatic carbocycles. The van der Waals surface area contributed by atoms with Gasteiger partial charge < -0.3 is 15.5 Å². The lowest BCUT2D eigenvalue weighted by Crippen LogP contribution is -2.62. The van der Waals surface area contributed by atoms with Crippen molar-refractivity contribution in [2.75, 3.05) is 6.54 Å². The van der Waals surface area contributed by atoms with E-state index in [1.54, 1.807) is 0 Å². The van der Waals surface area contributed by atoms with Crippen molar-refractivity contribution in [2.24, 2.45) is 29.1 Å². The topological polar surface area (TPSA) is 52.5 Å². The average Bonchev–Trinajstić information content (AvgIpc) is 2.73. The largest absolute Gasteiger partial charge is 0.390 e. The molecule has 3 unspecified atom stereocenters. The Morgan fingerprint density at radius 1 is 0.826 bits per heavy atom. The molecule has 0 aromatic heterocycles. The minimum Gasteiger partial charge on any atom is -0.390 e. The van der Waals surface area contributed by atoms with E-state index < -0.39 is 12.2 Å². The van der Waals surface area contributed by atoms with Crippen molar-refractivity contribution in [1.29, 1.82) is 0 Å². The predicted molar refractivity (Wildman–Crippen MR) is 92.0 cm³/mol. The first-order valence-corrected chi connectivity index (χ1v) is 10.1. The summed E-state index contributed by atoms with van der Waals surface area (Å²) in [7, 11) is 0. The van der Waals surface area contributed by atoms with Crippen LogP contribution in [0.5, 0.6) is 0 Å². The second-order valence-electron chi connectivity index (χ2n) is 9.54. The highest BCUT2D eigenvalue weighted by molar-refractivity contribution is 5.10. The minimum absolute atomic E-state index is 0.245. The molecule has 1 heterocycles. The molecule has 4 rings (SSSR count). The molecule has 3 aliphatic carbocycles. The van der Waals surface area contributed by atoms with E-state index in [2.05, 4.69) is 19.2 Å². The van der Waals surface area contributed by atoms with Gasteiger partial charge in [0.05, 0.1) is 12.2 Å². The van der Waals surface area contributed by atoms with Gasteiger partial charge in [-0.2, -0.15) is 0 Å². The molecule has 4 fully saturated rings. The first-order chi connectivity index (χ1) is 11.0. The highest BCUT2D eigenvalue weighted by Gasteiger charge is 2.58. The molecule has 0 radical (unpaired) electrons. The molecule has 23 heavy (non-hydrogen) atoms. The van der Waals surface area contributed by atoms with Crippen molar-refractivity contribution >= 4 is 0 Å². The van der Waals surface area contributed by atoms with Crippen LogP contribution in [0.3, 0.4) is 0 Å². The van der Waals surface area contributed by atoms with Crippen molar-refractivity contribution in [1.82, 2.24) is 5.32 Å². The van der Waals surface area contributed by atoms with E-state index in [1.807, 2.05) is 0 Å². The summed E-state index contributed by atoms with van der Waals surface area (Å²) in [5.74, 6) is 2.70. The number of aliphatic hydroxyl groups is 2. The van der Waals surface area contributed by atoms with Crippen LogP contribution in [-0.4, -0.2) is 34.5 Å². The van der Waals surface area contributed by atoms with Gasteiger partial charge in [-0.05, 0) is 93.9 Å². The van der Waals surface area contributed by atoms with Gasteiger partial charge in [0.25, 0.3) is 0 Å². The lowest BCUT2D eigenvalue weighted by Gasteiger charge is -2.62. The molecule has 0 spiro atoms. The van der Waals surface area contributed by atoms with E-state index in [-0.39, 0.29) is 5.41 Å². The third-order valence-corrected chi connectivity index (χ3v) is 8.59. The Morgan fingerprint density at radius 2 is 1.65 bits per heavy atom. The summed E-state index contributed by atoms with van der Waals surface area (Å²) in [6.07, 6.45) is 9.97. The maximum absolute atomic E-state index is 10.6. The molecule has 132 valence electrons. The highest BCUT2D eigenvalue weighted by atomic mass is 16.3. The van der Waals surface area contributed by atoms with Crippen molar-refractivity contribution < 1.29 is 10.2 Å². The number of hydrogen-bond acceptors (Lipinski definition) is 3. The van der Waals surface area contributed by atoms with Crippen molar-refractivity contribution in [3.8, 4) is 0 Å². The fourth-order valence-corrected chi connectivity index (χ4v) is 7.25. The molecule has 1 aliphatic heterocycles. The van der Waals surface area contributed by atoms with Gasteiger partial charge >= 0.3 is 0 Å². The first-order valence-electron chi connectivity index (χ1n) is 10.1. The quantitative estimate of drug-likeness (QED) is 0.642. The molecule has 0 amide bonds. The smallest absolute Gasteiger partial charge is 0.0832 e. The predicted octanol–water partition coefficient (Wildman–Crippen LogP) is 3.09. The molecule has 0 bridgehead atoms. The van der Waals surface area contributed by atoms with Gasteiger partial charge in [0, 0.05) is 5.54 Å². The molecule has 4 aliphatic rings. The molecule has 0 aromatic rings. The van der Waals surface area contributed by atoms with Gasteiger partial charge in [0.2, 0.25) is 0 Å². The number of aliphatic hydroxyl groups excluding tert-OH is 2. The highest BCUT2D eigenvalue weighted by Crippen LogP contribution is 2.62. The Kier molecular flexibility index (Phi) is 4.06. The van der Waals surface area contributed by atoms with Gasteiger partial charge in [0.1, 0.15) is 0 Å². The maximum Gasteiger partial charge on any atom is 0.0832 e. The van der Waals surface area contributed by atoms with Crippen LogP contribution in [0.25, 0.3) is 0 Å². The van der Waals surface area contributed by atoms with E-state index in [4.69, 9.17) is 0 Å². The van der Waals surface area contributed by atoms with Gasteiger partial charge in [-0.15, -0.1) is 0 Å². The molecule has 3 saturated carbocycles. The maximum atomic E-state index is 10.6. The number of hydrogen-bond donors (Lipinski definition) is 3. The first kappa shape index (κ1) is 16.4. The third kappa shape index (κ3) is 2.41. The number of nitrogens with one attached hydrogen (secondary N) is 1. The Morgan fingerprint density at radius 3 is 2.48 bits per heavy atom. The van der Waals surface area contributed by atoms with Gasteiger partial charge in [-0.1, -0.05) is 13.3 Å². The lowest BCUT2D eigenvalue weighted by molar-refractivity contribution is -0.168. The summed E-state index contributed by atoms with van der Waals surface area (Å²) in [5.41, 5.74) is 0.586. The van der Waals surface area contributed by atoms with Gasteiger partial charge in [-0.3, -0.25) is 0 Å². The fraction of sp³-hybridized carbons (Fsp3) is 1.00. The summed E-state index contributed by atoms with van der Waals surface area (Å²) in [6, 6.07) is 0. The minimum atomic E-state index is -0.490. The summed E-state index contributed by atoms with van der Waals surface area (Å²) >= 11 is 0. The Balaban J connectivity index is 1.63. The van der Waals surface area contributed by atoms with Crippen molar-refractivity contribution in [2.45, 2.75) is 89.4 Å². The van der Waals surface area contributed by atoms with Crippen LogP contribution in [-0.2, 0) is 0 Å². The van der Waals surface area contributed by atoms with E-state index >= 15 is 0 Å². The zero-order valence-corrected chi connectivity index (χ0v) is 14.9.